The Labute approximate surface area is 159 Å². The van der Waals surface area contributed by atoms with Crippen molar-refractivity contribution >= 4 is 11.6 Å². The zero-order valence-electron chi connectivity index (χ0n) is 15.4. The van der Waals surface area contributed by atoms with Gasteiger partial charge >= 0.3 is 0 Å². The number of amides is 1. The first-order chi connectivity index (χ1) is 13.1. The fraction of sp³-hybridized carbons (Fsp3) is 0.364. The average molecular weight is 366 g/mol. The van der Waals surface area contributed by atoms with Crippen LogP contribution in [0, 0.1) is 23.1 Å². The highest BCUT2D eigenvalue weighted by Crippen LogP contribution is 2.38. The maximum Gasteiger partial charge on any atom is 0.224 e. The molecule has 27 heavy (non-hydrogen) atoms. The fourth-order valence-corrected chi connectivity index (χ4v) is 3.75. The molecule has 2 aromatic carbocycles. The molecular formula is C22H23FN2O2. The van der Waals surface area contributed by atoms with Gasteiger partial charge in [-0.25, -0.2) is 4.39 Å². The van der Waals surface area contributed by atoms with Crippen LogP contribution in [0.5, 0.6) is 5.75 Å². The summed E-state index contributed by atoms with van der Waals surface area (Å²) in [5.41, 5.74) is 2.02. The van der Waals surface area contributed by atoms with Gasteiger partial charge in [0.2, 0.25) is 5.91 Å². The third-order valence-corrected chi connectivity index (χ3v) is 5.27. The fourth-order valence-electron chi connectivity index (χ4n) is 3.75. The zero-order chi connectivity index (χ0) is 19.2. The lowest BCUT2D eigenvalue weighted by Crippen LogP contribution is -2.21. The van der Waals surface area contributed by atoms with Crippen molar-refractivity contribution in [1.29, 1.82) is 5.26 Å². The van der Waals surface area contributed by atoms with E-state index in [1.807, 2.05) is 6.07 Å². The number of nitriles is 1. The van der Waals surface area contributed by atoms with E-state index in [0.717, 1.165) is 31.2 Å². The van der Waals surface area contributed by atoms with Crippen LogP contribution in [0.3, 0.4) is 0 Å². The summed E-state index contributed by atoms with van der Waals surface area (Å²) in [6.07, 6.45) is 4.07. The summed E-state index contributed by atoms with van der Waals surface area (Å²) in [4.78, 5) is 12.3. The lowest BCUT2D eigenvalue weighted by Gasteiger charge is -2.28. The van der Waals surface area contributed by atoms with Gasteiger partial charge in [0.25, 0.3) is 0 Å². The summed E-state index contributed by atoms with van der Waals surface area (Å²) in [6, 6.07) is 14.0. The van der Waals surface area contributed by atoms with Gasteiger partial charge in [-0.3, -0.25) is 4.79 Å². The van der Waals surface area contributed by atoms with Gasteiger partial charge in [0.15, 0.2) is 0 Å². The molecule has 0 aliphatic heterocycles. The van der Waals surface area contributed by atoms with Crippen LogP contribution in [-0.2, 0) is 4.79 Å². The number of halogens is 1. The molecule has 0 aromatic heterocycles. The summed E-state index contributed by atoms with van der Waals surface area (Å²) in [6.45, 7) is 0. The summed E-state index contributed by atoms with van der Waals surface area (Å²) < 4.78 is 19.3. The molecule has 0 saturated heterocycles. The monoisotopic (exact) mass is 366 g/mol. The predicted molar refractivity (Wildman–Crippen MR) is 102 cm³/mol. The first-order valence-corrected chi connectivity index (χ1v) is 9.22. The first kappa shape index (κ1) is 18.9. The molecule has 0 atom stereocenters. The van der Waals surface area contributed by atoms with Gasteiger partial charge in [-0.2, -0.15) is 5.26 Å². The number of anilines is 1. The minimum atomic E-state index is -0.212. The Morgan fingerprint density at radius 3 is 2.48 bits per heavy atom. The molecule has 1 aliphatic rings. The van der Waals surface area contributed by atoms with E-state index in [0.29, 0.717) is 29.3 Å². The van der Waals surface area contributed by atoms with E-state index < -0.39 is 0 Å². The van der Waals surface area contributed by atoms with E-state index in [1.54, 1.807) is 30.3 Å². The lowest BCUT2D eigenvalue weighted by molar-refractivity contribution is -0.117. The van der Waals surface area contributed by atoms with E-state index >= 15 is 0 Å². The molecule has 3 rings (SSSR count). The Bertz CT molecular complexity index is 834. The minimum Gasteiger partial charge on any atom is -0.497 e. The van der Waals surface area contributed by atoms with Crippen molar-refractivity contribution in [1.82, 2.24) is 0 Å². The quantitative estimate of drug-likeness (QED) is 0.809. The number of carbonyl (C=O) groups excluding carboxylic acids is 1. The summed E-state index contributed by atoms with van der Waals surface area (Å²) in [7, 11) is 1.53. The minimum absolute atomic E-state index is 0.0150. The third-order valence-electron chi connectivity index (χ3n) is 5.27. The zero-order valence-corrected chi connectivity index (χ0v) is 15.4. The van der Waals surface area contributed by atoms with Crippen molar-refractivity contribution < 1.29 is 13.9 Å². The highest BCUT2D eigenvalue weighted by molar-refractivity contribution is 5.90. The molecule has 0 radical (unpaired) electrons. The van der Waals surface area contributed by atoms with E-state index in [1.165, 1.54) is 13.2 Å². The average Bonchev–Trinajstić information content (AvgIpc) is 2.69. The number of rotatable bonds is 5. The van der Waals surface area contributed by atoms with Crippen molar-refractivity contribution in [3.8, 4) is 11.8 Å². The second kappa shape index (κ2) is 8.68. The van der Waals surface area contributed by atoms with E-state index in [9.17, 15) is 9.18 Å². The summed E-state index contributed by atoms with van der Waals surface area (Å²) in [5, 5.41) is 11.7. The summed E-state index contributed by atoms with van der Waals surface area (Å²) >= 11 is 0. The Hall–Kier alpha value is -2.87. The molecule has 2 aromatic rings. The Kier molecular flexibility index (Phi) is 6.08. The van der Waals surface area contributed by atoms with Crippen LogP contribution < -0.4 is 10.1 Å². The Balaban J connectivity index is 1.50. The van der Waals surface area contributed by atoms with Gasteiger partial charge in [-0.1, -0.05) is 6.07 Å². The van der Waals surface area contributed by atoms with Crippen molar-refractivity contribution in [2.45, 2.75) is 38.0 Å². The number of nitrogens with one attached hydrogen (secondary N) is 1. The smallest absolute Gasteiger partial charge is 0.224 e. The molecule has 1 saturated carbocycles. The highest BCUT2D eigenvalue weighted by Gasteiger charge is 2.26. The van der Waals surface area contributed by atoms with Gasteiger partial charge in [0.1, 0.15) is 11.6 Å². The van der Waals surface area contributed by atoms with Crippen LogP contribution in [-0.4, -0.2) is 13.0 Å². The van der Waals surface area contributed by atoms with Crippen LogP contribution in [0.2, 0.25) is 0 Å². The number of ether oxygens (including phenoxy) is 1. The predicted octanol–water partition coefficient (Wildman–Crippen LogP) is 5.01. The van der Waals surface area contributed by atoms with Gasteiger partial charge in [0, 0.05) is 18.2 Å². The molecule has 4 nitrogen and oxygen atoms in total. The van der Waals surface area contributed by atoms with E-state index in [2.05, 4.69) is 11.4 Å². The van der Waals surface area contributed by atoms with Gasteiger partial charge in [-0.05, 0) is 73.4 Å². The van der Waals surface area contributed by atoms with Crippen molar-refractivity contribution in [2.24, 2.45) is 5.92 Å². The number of methoxy groups -OCH3 is 1. The number of benzene rings is 2. The topological polar surface area (TPSA) is 62.1 Å². The highest BCUT2D eigenvalue weighted by atomic mass is 19.1. The second-order valence-corrected chi connectivity index (χ2v) is 7.05. The summed E-state index contributed by atoms with van der Waals surface area (Å²) in [5.74, 6) is 0.828. The molecule has 1 N–H and O–H groups in total. The lowest BCUT2D eigenvalue weighted by atomic mass is 9.77. The normalized spacial score (nSPS) is 19.1. The molecule has 0 heterocycles. The maximum atomic E-state index is 14.3. The van der Waals surface area contributed by atoms with Gasteiger partial charge < -0.3 is 10.1 Å². The van der Waals surface area contributed by atoms with Crippen LogP contribution in [0.4, 0.5) is 10.1 Å². The molecule has 1 fully saturated rings. The first-order valence-electron chi connectivity index (χ1n) is 9.22. The van der Waals surface area contributed by atoms with Crippen molar-refractivity contribution in [2.75, 3.05) is 12.4 Å². The molecule has 0 bridgehead atoms. The molecule has 140 valence electrons. The molecule has 0 spiro atoms. The maximum absolute atomic E-state index is 14.3. The molecule has 0 unspecified atom stereocenters. The number of nitrogens with zero attached hydrogens (tertiary/aromatic N) is 1. The largest absolute Gasteiger partial charge is 0.497 e. The van der Waals surface area contributed by atoms with Gasteiger partial charge in [-0.15, -0.1) is 0 Å². The van der Waals surface area contributed by atoms with Crippen LogP contribution in [0.1, 0.15) is 49.1 Å². The Morgan fingerprint density at radius 2 is 1.89 bits per heavy atom. The number of hydrogen-bond donors (Lipinski definition) is 1. The Morgan fingerprint density at radius 1 is 1.19 bits per heavy atom. The molecule has 1 aliphatic carbocycles. The standard InChI is InChI=1S/C22H23FN2O2/c1-27-19-10-11-20(21(23)13-19)17-6-2-15(3-7-17)12-22(26)25-18-8-4-16(14-24)5-9-18/h4-5,8-11,13,15,17H,2-3,6-7,12H2,1H3,(H,25,26). The molecule has 1 amide bonds. The van der Waals surface area contributed by atoms with Crippen molar-refractivity contribution in [3.05, 3.63) is 59.4 Å². The van der Waals surface area contributed by atoms with Crippen LogP contribution in [0.25, 0.3) is 0 Å². The second-order valence-electron chi connectivity index (χ2n) is 7.05. The third kappa shape index (κ3) is 4.85. The van der Waals surface area contributed by atoms with Crippen LogP contribution >= 0.6 is 0 Å². The number of carbonyl (C=O) groups is 1. The van der Waals surface area contributed by atoms with Gasteiger partial charge in [0.05, 0.1) is 18.7 Å². The SMILES string of the molecule is COc1ccc(C2CCC(CC(=O)Nc3ccc(C#N)cc3)CC2)c(F)c1. The van der Waals surface area contributed by atoms with Crippen LogP contribution in [0.15, 0.2) is 42.5 Å². The molecule has 5 heteroatoms. The van der Waals surface area contributed by atoms with E-state index in [-0.39, 0.29) is 17.6 Å². The van der Waals surface area contributed by atoms with E-state index in [4.69, 9.17) is 10.00 Å². The number of hydrogen-bond acceptors (Lipinski definition) is 3. The molecular weight excluding hydrogens is 343 g/mol. The van der Waals surface area contributed by atoms with Crippen molar-refractivity contribution in [3.63, 3.8) is 0 Å².